The summed E-state index contributed by atoms with van der Waals surface area (Å²) in [5.74, 6) is 0.529. The Morgan fingerprint density at radius 2 is 2.00 bits per heavy atom. The lowest BCUT2D eigenvalue weighted by molar-refractivity contribution is -0.110. The number of fused-ring (bicyclic) bond motifs is 1. The number of hydrogen-bond donors (Lipinski definition) is 1. The number of pyridine rings is 2. The van der Waals surface area contributed by atoms with Crippen molar-refractivity contribution in [1.29, 1.82) is 0 Å². The molecule has 0 saturated carbocycles. The first kappa shape index (κ1) is 16.1. The van der Waals surface area contributed by atoms with Crippen molar-refractivity contribution >= 4 is 46.5 Å². The molecule has 1 amide bonds. The molecule has 0 unspecified atom stereocenters. The first-order chi connectivity index (χ1) is 12.2. The number of nitrogens with zero attached hydrogens (tertiary/aromatic N) is 2. The van der Waals surface area contributed by atoms with Crippen LogP contribution in [0.2, 0.25) is 0 Å². The first-order valence-corrected chi connectivity index (χ1v) is 9.84. The zero-order valence-electron chi connectivity index (χ0n) is 13.7. The van der Waals surface area contributed by atoms with E-state index < -0.39 is 0 Å². The van der Waals surface area contributed by atoms with Crippen molar-refractivity contribution < 1.29 is 4.79 Å². The van der Waals surface area contributed by atoms with E-state index in [0.29, 0.717) is 11.4 Å². The van der Waals surface area contributed by atoms with Gasteiger partial charge in [-0.2, -0.15) is 0 Å². The second-order valence-electron chi connectivity index (χ2n) is 5.65. The Morgan fingerprint density at radius 3 is 2.72 bits per heavy atom. The normalized spacial score (nSPS) is 14.6. The maximum atomic E-state index is 12.4. The van der Waals surface area contributed by atoms with Gasteiger partial charge in [-0.25, -0.2) is 4.98 Å². The fraction of sp³-hybridized carbons (Fsp3) is 0.105. The van der Waals surface area contributed by atoms with E-state index in [9.17, 15) is 4.79 Å². The summed E-state index contributed by atoms with van der Waals surface area (Å²) in [5, 5.41) is 4.97. The van der Waals surface area contributed by atoms with Gasteiger partial charge in [-0.1, -0.05) is 0 Å². The van der Waals surface area contributed by atoms with Crippen molar-refractivity contribution in [2.45, 2.75) is 11.8 Å². The average molecular weight is 365 g/mol. The fourth-order valence-electron chi connectivity index (χ4n) is 2.83. The minimum Gasteiger partial charge on any atom is -0.306 e. The third-order valence-corrected chi connectivity index (χ3v) is 5.83. The number of anilines is 1. The van der Waals surface area contributed by atoms with Gasteiger partial charge in [0.15, 0.2) is 0 Å². The highest BCUT2D eigenvalue weighted by Crippen LogP contribution is 2.37. The second-order valence-corrected chi connectivity index (χ2v) is 7.48. The van der Waals surface area contributed by atoms with Gasteiger partial charge in [0.2, 0.25) is 0 Å². The van der Waals surface area contributed by atoms with Crippen molar-refractivity contribution in [2.24, 2.45) is 0 Å². The number of rotatable bonds is 3. The average Bonchev–Trinajstić information content (AvgIpc) is 3.20. The molecule has 1 aliphatic rings. The largest absolute Gasteiger partial charge is 0.306 e. The van der Waals surface area contributed by atoms with Gasteiger partial charge in [0.05, 0.1) is 5.57 Å². The van der Waals surface area contributed by atoms with Crippen LogP contribution in [0.3, 0.4) is 0 Å². The van der Waals surface area contributed by atoms with E-state index in [4.69, 9.17) is 0 Å². The van der Waals surface area contributed by atoms with Crippen LogP contribution < -0.4 is 5.32 Å². The van der Waals surface area contributed by atoms with E-state index in [1.54, 1.807) is 35.5 Å². The smallest absolute Gasteiger partial charge is 0.257 e. The van der Waals surface area contributed by atoms with Crippen molar-refractivity contribution in [2.75, 3.05) is 11.6 Å². The van der Waals surface area contributed by atoms with Gasteiger partial charge in [0.1, 0.15) is 5.82 Å². The number of thioether (sulfide) groups is 1. The SMILES string of the molecule is CSc1csc(C=C2C(=O)Nc3nc(C)c(-c4ccncc4)cc32)c1. The monoisotopic (exact) mass is 365 g/mol. The molecule has 4 heterocycles. The lowest BCUT2D eigenvalue weighted by Crippen LogP contribution is -2.04. The Bertz CT molecular complexity index is 993. The highest BCUT2D eigenvalue weighted by molar-refractivity contribution is 7.98. The van der Waals surface area contributed by atoms with Crippen LogP contribution in [0, 0.1) is 6.92 Å². The minimum atomic E-state index is -0.104. The molecule has 0 radical (unpaired) electrons. The maximum Gasteiger partial charge on any atom is 0.257 e. The Morgan fingerprint density at radius 1 is 1.20 bits per heavy atom. The molecule has 0 saturated heterocycles. The molecule has 1 aliphatic heterocycles. The topological polar surface area (TPSA) is 54.9 Å². The van der Waals surface area contributed by atoms with Gasteiger partial charge in [-0.3, -0.25) is 9.78 Å². The molecule has 0 spiro atoms. The summed E-state index contributed by atoms with van der Waals surface area (Å²) in [6.07, 6.45) is 7.51. The minimum absolute atomic E-state index is 0.104. The van der Waals surface area contributed by atoms with Crippen molar-refractivity contribution in [3.8, 4) is 11.1 Å². The van der Waals surface area contributed by atoms with Gasteiger partial charge in [-0.05, 0) is 49.1 Å². The van der Waals surface area contributed by atoms with Crippen LogP contribution in [0.1, 0.15) is 16.1 Å². The summed E-state index contributed by atoms with van der Waals surface area (Å²) in [4.78, 5) is 23.4. The van der Waals surface area contributed by atoms with Gasteiger partial charge < -0.3 is 5.32 Å². The molecule has 0 bridgehead atoms. The zero-order chi connectivity index (χ0) is 17.4. The second kappa shape index (κ2) is 6.46. The predicted molar refractivity (Wildman–Crippen MR) is 105 cm³/mol. The van der Waals surface area contributed by atoms with Crippen LogP contribution in [0.25, 0.3) is 22.8 Å². The zero-order valence-corrected chi connectivity index (χ0v) is 15.4. The molecular formula is C19H15N3OS2. The van der Waals surface area contributed by atoms with Crippen molar-refractivity contribution in [3.63, 3.8) is 0 Å². The number of aryl methyl sites for hydroxylation is 1. The van der Waals surface area contributed by atoms with Crippen LogP contribution in [-0.2, 0) is 4.79 Å². The molecule has 25 heavy (non-hydrogen) atoms. The molecule has 0 atom stereocenters. The van der Waals surface area contributed by atoms with E-state index in [1.807, 2.05) is 37.5 Å². The van der Waals surface area contributed by atoms with Gasteiger partial charge in [0.25, 0.3) is 5.91 Å². The number of nitrogens with one attached hydrogen (secondary N) is 1. The van der Waals surface area contributed by atoms with Crippen LogP contribution in [-0.4, -0.2) is 22.1 Å². The molecule has 0 aliphatic carbocycles. The predicted octanol–water partition coefficient (Wildman–Crippen LogP) is 4.73. The highest BCUT2D eigenvalue weighted by Gasteiger charge is 2.27. The number of amides is 1. The summed E-state index contributed by atoms with van der Waals surface area (Å²) in [6.45, 7) is 1.95. The summed E-state index contributed by atoms with van der Waals surface area (Å²) in [7, 11) is 0. The van der Waals surface area contributed by atoms with Gasteiger partial charge in [-0.15, -0.1) is 23.1 Å². The standard InChI is InChI=1S/C19H15N3OS2/c1-11-15(12-3-5-20-6-4-12)9-16-17(19(23)22-18(16)21-11)8-13-7-14(24-2)10-25-13/h3-10H,1-2H3,(H,21,22,23). The van der Waals surface area contributed by atoms with E-state index in [0.717, 1.165) is 27.3 Å². The molecule has 6 heteroatoms. The van der Waals surface area contributed by atoms with Crippen LogP contribution in [0.5, 0.6) is 0 Å². The summed E-state index contributed by atoms with van der Waals surface area (Å²) in [5.41, 5.74) is 4.45. The number of aromatic nitrogens is 2. The first-order valence-electron chi connectivity index (χ1n) is 7.73. The number of carbonyl (C=O) groups excluding carboxylic acids is 1. The van der Waals surface area contributed by atoms with E-state index in [-0.39, 0.29) is 5.91 Å². The third-order valence-electron chi connectivity index (χ3n) is 4.09. The highest BCUT2D eigenvalue weighted by atomic mass is 32.2. The van der Waals surface area contributed by atoms with E-state index >= 15 is 0 Å². The molecule has 124 valence electrons. The van der Waals surface area contributed by atoms with Gasteiger partial charge in [0, 0.05) is 44.4 Å². The number of hydrogen-bond acceptors (Lipinski definition) is 5. The van der Waals surface area contributed by atoms with Crippen LogP contribution in [0.15, 0.2) is 46.9 Å². The van der Waals surface area contributed by atoms with E-state index in [1.165, 1.54) is 4.90 Å². The van der Waals surface area contributed by atoms with Crippen LogP contribution in [0.4, 0.5) is 5.82 Å². The Balaban J connectivity index is 1.82. The van der Waals surface area contributed by atoms with Crippen LogP contribution >= 0.6 is 23.1 Å². The van der Waals surface area contributed by atoms with E-state index in [2.05, 4.69) is 26.7 Å². The molecule has 3 aromatic rings. The Hall–Kier alpha value is -2.44. The number of thiophene rings is 1. The third kappa shape index (κ3) is 2.99. The molecule has 3 aromatic heterocycles. The van der Waals surface area contributed by atoms with Crippen molar-refractivity contribution in [1.82, 2.24) is 9.97 Å². The molecule has 4 nitrogen and oxygen atoms in total. The molecular weight excluding hydrogens is 350 g/mol. The molecule has 1 N–H and O–H groups in total. The van der Waals surface area contributed by atoms with Gasteiger partial charge >= 0.3 is 0 Å². The Kier molecular flexibility index (Phi) is 4.15. The lowest BCUT2D eigenvalue weighted by Gasteiger charge is -2.08. The summed E-state index contributed by atoms with van der Waals surface area (Å²) < 4.78 is 0. The van der Waals surface area contributed by atoms with Crippen molar-refractivity contribution in [3.05, 3.63) is 58.2 Å². The number of carbonyl (C=O) groups is 1. The molecule has 0 fully saturated rings. The maximum absolute atomic E-state index is 12.4. The lowest BCUT2D eigenvalue weighted by atomic mass is 10.0. The Labute approximate surface area is 154 Å². The fourth-order valence-corrected chi connectivity index (χ4v) is 4.38. The quantitative estimate of drug-likeness (QED) is 0.539. The summed E-state index contributed by atoms with van der Waals surface area (Å²) >= 11 is 3.33. The molecule has 4 rings (SSSR count). The summed E-state index contributed by atoms with van der Waals surface area (Å²) in [6, 6.07) is 8.04. The molecule has 0 aromatic carbocycles.